The highest BCUT2D eigenvalue weighted by Crippen LogP contribution is 2.43. The SMILES string of the molecule is CC1(C)CCC(CC2CCc3ccccc3C2Cl)O1. The lowest BCUT2D eigenvalue weighted by Crippen LogP contribution is -2.25. The molecule has 0 spiro atoms. The molecular weight excluding hydrogens is 256 g/mol. The molecule has 0 bridgehead atoms. The predicted molar refractivity (Wildman–Crippen MR) is 79.7 cm³/mol. The zero-order valence-electron chi connectivity index (χ0n) is 11.9. The van der Waals surface area contributed by atoms with Crippen molar-refractivity contribution in [3.05, 3.63) is 35.4 Å². The van der Waals surface area contributed by atoms with Gasteiger partial charge in [0.25, 0.3) is 0 Å². The normalized spacial score (nSPS) is 33.1. The first-order valence-corrected chi connectivity index (χ1v) is 7.88. The Morgan fingerprint density at radius 2 is 2.05 bits per heavy atom. The second-order valence-corrected chi connectivity index (χ2v) is 7.14. The van der Waals surface area contributed by atoms with E-state index < -0.39 is 0 Å². The topological polar surface area (TPSA) is 9.23 Å². The number of rotatable bonds is 2. The van der Waals surface area contributed by atoms with Gasteiger partial charge in [0.1, 0.15) is 0 Å². The largest absolute Gasteiger partial charge is 0.372 e. The van der Waals surface area contributed by atoms with Crippen molar-refractivity contribution >= 4 is 11.6 Å². The van der Waals surface area contributed by atoms with Gasteiger partial charge in [-0.25, -0.2) is 0 Å². The third kappa shape index (κ3) is 2.83. The number of ether oxygens (including phenoxy) is 1. The summed E-state index contributed by atoms with van der Waals surface area (Å²) >= 11 is 6.71. The highest BCUT2D eigenvalue weighted by atomic mass is 35.5. The van der Waals surface area contributed by atoms with Gasteiger partial charge in [-0.1, -0.05) is 24.3 Å². The molecule has 1 aromatic rings. The molecule has 3 unspecified atom stereocenters. The molecule has 1 saturated heterocycles. The van der Waals surface area contributed by atoms with Crippen LogP contribution in [-0.2, 0) is 11.2 Å². The fourth-order valence-electron chi connectivity index (χ4n) is 3.59. The molecule has 3 atom stereocenters. The standard InChI is InChI=1S/C17H23ClO/c1-17(2)10-9-14(19-17)11-13-8-7-12-5-3-4-6-15(12)16(13)18/h3-6,13-14,16H,7-11H2,1-2H3. The van der Waals surface area contributed by atoms with Gasteiger partial charge < -0.3 is 4.74 Å². The van der Waals surface area contributed by atoms with E-state index in [4.69, 9.17) is 16.3 Å². The minimum atomic E-state index is 0.0685. The molecule has 1 nitrogen and oxygen atoms in total. The maximum Gasteiger partial charge on any atom is 0.0631 e. The van der Waals surface area contributed by atoms with Crippen molar-refractivity contribution in [2.75, 3.05) is 0 Å². The Hall–Kier alpha value is -0.530. The summed E-state index contributed by atoms with van der Waals surface area (Å²) in [4.78, 5) is 0. The summed E-state index contributed by atoms with van der Waals surface area (Å²) in [6.07, 6.45) is 6.26. The van der Waals surface area contributed by atoms with E-state index in [-0.39, 0.29) is 11.0 Å². The minimum absolute atomic E-state index is 0.0685. The lowest BCUT2D eigenvalue weighted by molar-refractivity contribution is -0.0255. The van der Waals surface area contributed by atoms with Gasteiger partial charge in [-0.2, -0.15) is 0 Å². The van der Waals surface area contributed by atoms with E-state index in [0.717, 1.165) is 6.42 Å². The number of fused-ring (bicyclic) bond motifs is 1. The van der Waals surface area contributed by atoms with Gasteiger partial charge in [-0.15, -0.1) is 11.6 Å². The fraction of sp³-hybridized carbons (Fsp3) is 0.647. The predicted octanol–water partition coefficient (Wildman–Crippen LogP) is 4.88. The molecule has 19 heavy (non-hydrogen) atoms. The molecule has 0 saturated carbocycles. The first kappa shape index (κ1) is 13.5. The van der Waals surface area contributed by atoms with Crippen LogP contribution in [0.3, 0.4) is 0 Å². The van der Waals surface area contributed by atoms with Gasteiger partial charge in [0.05, 0.1) is 17.1 Å². The monoisotopic (exact) mass is 278 g/mol. The summed E-state index contributed by atoms with van der Waals surface area (Å²) in [5.41, 5.74) is 2.85. The van der Waals surface area contributed by atoms with Crippen LogP contribution >= 0.6 is 11.6 Å². The third-order valence-corrected chi connectivity index (χ3v) is 5.26. The summed E-state index contributed by atoms with van der Waals surface area (Å²) in [6, 6.07) is 8.63. The van der Waals surface area contributed by atoms with Gasteiger partial charge in [-0.05, 0) is 63.0 Å². The number of aryl methyl sites for hydroxylation is 1. The van der Waals surface area contributed by atoms with Crippen LogP contribution < -0.4 is 0 Å². The Bertz CT molecular complexity index is 454. The summed E-state index contributed by atoms with van der Waals surface area (Å²) in [7, 11) is 0. The summed E-state index contributed by atoms with van der Waals surface area (Å²) in [5, 5.41) is 0.164. The Morgan fingerprint density at radius 3 is 2.79 bits per heavy atom. The summed E-state index contributed by atoms with van der Waals surface area (Å²) < 4.78 is 6.13. The van der Waals surface area contributed by atoms with Crippen molar-refractivity contribution in [3.8, 4) is 0 Å². The van der Waals surface area contributed by atoms with E-state index >= 15 is 0 Å². The van der Waals surface area contributed by atoms with Crippen LogP contribution in [-0.4, -0.2) is 11.7 Å². The quantitative estimate of drug-likeness (QED) is 0.701. The second-order valence-electron chi connectivity index (χ2n) is 6.67. The number of hydrogen-bond donors (Lipinski definition) is 0. The molecular formula is C17H23ClO. The Morgan fingerprint density at radius 1 is 1.26 bits per heavy atom. The van der Waals surface area contributed by atoms with Crippen LogP contribution in [0.5, 0.6) is 0 Å². The smallest absolute Gasteiger partial charge is 0.0631 e. The minimum Gasteiger partial charge on any atom is -0.372 e. The molecule has 1 fully saturated rings. The molecule has 1 aliphatic carbocycles. The maximum absolute atomic E-state index is 6.71. The Labute approximate surface area is 121 Å². The molecule has 2 heteroatoms. The molecule has 1 aliphatic heterocycles. The number of benzene rings is 1. The van der Waals surface area contributed by atoms with E-state index in [9.17, 15) is 0 Å². The van der Waals surface area contributed by atoms with Gasteiger partial charge in [0.2, 0.25) is 0 Å². The van der Waals surface area contributed by atoms with Gasteiger partial charge >= 0.3 is 0 Å². The van der Waals surface area contributed by atoms with Crippen molar-refractivity contribution in [1.29, 1.82) is 0 Å². The Kier molecular flexibility index (Phi) is 3.61. The molecule has 0 amide bonds. The molecule has 104 valence electrons. The van der Waals surface area contributed by atoms with E-state index in [2.05, 4.69) is 38.1 Å². The van der Waals surface area contributed by atoms with E-state index in [0.29, 0.717) is 12.0 Å². The zero-order valence-corrected chi connectivity index (χ0v) is 12.6. The van der Waals surface area contributed by atoms with E-state index in [1.54, 1.807) is 0 Å². The first-order valence-electron chi connectivity index (χ1n) is 7.45. The van der Waals surface area contributed by atoms with Crippen molar-refractivity contribution in [2.24, 2.45) is 5.92 Å². The fourth-order valence-corrected chi connectivity index (χ4v) is 4.03. The van der Waals surface area contributed by atoms with Crippen molar-refractivity contribution in [3.63, 3.8) is 0 Å². The average molecular weight is 279 g/mol. The van der Waals surface area contributed by atoms with E-state index in [1.807, 2.05) is 0 Å². The molecule has 3 rings (SSSR count). The van der Waals surface area contributed by atoms with Crippen LogP contribution in [0.15, 0.2) is 24.3 Å². The molecule has 0 radical (unpaired) electrons. The maximum atomic E-state index is 6.71. The van der Waals surface area contributed by atoms with Crippen molar-refractivity contribution < 1.29 is 4.74 Å². The van der Waals surface area contributed by atoms with Gasteiger partial charge in [0.15, 0.2) is 0 Å². The number of hydrogen-bond acceptors (Lipinski definition) is 1. The van der Waals surface area contributed by atoms with Crippen LogP contribution in [0.2, 0.25) is 0 Å². The first-order chi connectivity index (χ1) is 9.05. The van der Waals surface area contributed by atoms with Crippen LogP contribution in [0, 0.1) is 5.92 Å². The van der Waals surface area contributed by atoms with Crippen LogP contribution in [0.4, 0.5) is 0 Å². The van der Waals surface area contributed by atoms with Crippen LogP contribution in [0.25, 0.3) is 0 Å². The molecule has 1 heterocycles. The second kappa shape index (κ2) is 5.10. The number of halogens is 1. The zero-order chi connectivity index (χ0) is 13.5. The molecule has 0 aromatic heterocycles. The average Bonchev–Trinajstić information content (AvgIpc) is 2.73. The Balaban J connectivity index is 1.68. The third-order valence-electron chi connectivity index (χ3n) is 4.67. The van der Waals surface area contributed by atoms with Gasteiger partial charge in [-0.3, -0.25) is 0 Å². The molecule has 2 aliphatic rings. The van der Waals surface area contributed by atoms with Crippen molar-refractivity contribution in [1.82, 2.24) is 0 Å². The van der Waals surface area contributed by atoms with Crippen LogP contribution in [0.1, 0.15) is 56.0 Å². The van der Waals surface area contributed by atoms with E-state index in [1.165, 1.54) is 36.8 Å². The summed E-state index contributed by atoms with van der Waals surface area (Å²) in [6.45, 7) is 4.39. The highest BCUT2D eigenvalue weighted by Gasteiger charge is 2.36. The summed E-state index contributed by atoms with van der Waals surface area (Å²) in [5.74, 6) is 0.565. The van der Waals surface area contributed by atoms with Gasteiger partial charge in [0, 0.05) is 0 Å². The highest BCUT2D eigenvalue weighted by molar-refractivity contribution is 6.21. The molecule has 0 N–H and O–H groups in total. The molecule has 1 aromatic carbocycles. The lowest BCUT2D eigenvalue weighted by Gasteiger charge is -2.31. The number of alkyl halides is 1. The lowest BCUT2D eigenvalue weighted by atomic mass is 9.80. The van der Waals surface area contributed by atoms with Crippen molar-refractivity contribution in [2.45, 2.75) is 63.0 Å².